The fourth-order valence-corrected chi connectivity index (χ4v) is 6.00. The van der Waals surface area contributed by atoms with Crippen molar-refractivity contribution in [2.75, 3.05) is 0 Å². The first-order chi connectivity index (χ1) is 12.1. The van der Waals surface area contributed by atoms with Crippen LogP contribution in [0.3, 0.4) is 0 Å². The van der Waals surface area contributed by atoms with Crippen molar-refractivity contribution in [2.45, 2.75) is 51.5 Å². The molecular formula is C22H26N2O. The predicted octanol–water partition coefficient (Wildman–Crippen LogP) is 4.31. The van der Waals surface area contributed by atoms with Crippen LogP contribution in [0, 0.1) is 34.5 Å². The summed E-state index contributed by atoms with van der Waals surface area (Å²) in [6.45, 7) is 2.16. The highest BCUT2D eigenvalue weighted by molar-refractivity contribution is 6.01. The molecule has 1 atom stereocenters. The molecule has 4 fully saturated rings. The Morgan fingerprint density at radius 3 is 2.24 bits per heavy atom. The molecular weight excluding hydrogens is 308 g/mol. The SMILES string of the molecule is C[C@H](NC(=O)/C(C#N)=C/c1ccccc1)C12CC3CC(CC(C3)C1)C2. The number of amides is 1. The van der Waals surface area contributed by atoms with Crippen LogP contribution in [0.2, 0.25) is 0 Å². The topological polar surface area (TPSA) is 52.9 Å². The summed E-state index contributed by atoms with van der Waals surface area (Å²) in [5.74, 6) is 2.36. The Morgan fingerprint density at radius 1 is 1.16 bits per heavy atom. The van der Waals surface area contributed by atoms with E-state index in [1.807, 2.05) is 30.3 Å². The average molecular weight is 334 g/mol. The highest BCUT2D eigenvalue weighted by atomic mass is 16.1. The van der Waals surface area contributed by atoms with Crippen LogP contribution in [0.5, 0.6) is 0 Å². The standard InChI is InChI=1S/C22H26N2O/c1-15(22-11-17-7-18(12-22)9-19(8-17)13-22)24-21(25)20(14-23)10-16-5-3-2-4-6-16/h2-6,10,15,17-19H,7-9,11-13H2,1H3,(H,24,25)/b20-10+/t15-,17?,18?,19?,22?/m0/s1. The second-order valence-corrected chi connectivity index (χ2v) is 8.56. The van der Waals surface area contributed by atoms with Gasteiger partial charge in [0.25, 0.3) is 5.91 Å². The van der Waals surface area contributed by atoms with Gasteiger partial charge >= 0.3 is 0 Å². The lowest BCUT2D eigenvalue weighted by Crippen LogP contribution is -2.55. The fourth-order valence-electron chi connectivity index (χ4n) is 6.00. The number of nitriles is 1. The molecule has 0 aliphatic heterocycles. The van der Waals surface area contributed by atoms with Gasteiger partial charge in [0.15, 0.2) is 0 Å². The highest BCUT2D eigenvalue weighted by Gasteiger charge is 2.53. The maximum atomic E-state index is 12.7. The molecule has 0 spiro atoms. The van der Waals surface area contributed by atoms with Crippen LogP contribution >= 0.6 is 0 Å². The van der Waals surface area contributed by atoms with E-state index in [9.17, 15) is 10.1 Å². The molecule has 1 N–H and O–H groups in total. The number of hydrogen-bond acceptors (Lipinski definition) is 2. The van der Waals surface area contributed by atoms with E-state index in [2.05, 4.69) is 18.3 Å². The molecule has 4 saturated carbocycles. The van der Waals surface area contributed by atoms with Crippen molar-refractivity contribution in [1.82, 2.24) is 5.32 Å². The van der Waals surface area contributed by atoms with E-state index in [4.69, 9.17) is 0 Å². The molecule has 0 saturated heterocycles. The Labute approximate surface area is 150 Å². The van der Waals surface area contributed by atoms with Crippen molar-refractivity contribution in [1.29, 1.82) is 5.26 Å². The van der Waals surface area contributed by atoms with Crippen molar-refractivity contribution in [3.63, 3.8) is 0 Å². The van der Waals surface area contributed by atoms with Crippen molar-refractivity contribution in [3.8, 4) is 6.07 Å². The molecule has 25 heavy (non-hydrogen) atoms. The van der Waals surface area contributed by atoms with Gasteiger partial charge in [-0.15, -0.1) is 0 Å². The number of carbonyl (C=O) groups is 1. The lowest BCUT2D eigenvalue weighted by Gasteiger charge is -2.59. The molecule has 0 heterocycles. The van der Waals surface area contributed by atoms with Crippen molar-refractivity contribution in [2.24, 2.45) is 23.2 Å². The van der Waals surface area contributed by atoms with Gasteiger partial charge in [-0.1, -0.05) is 30.3 Å². The van der Waals surface area contributed by atoms with Crippen molar-refractivity contribution >= 4 is 12.0 Å². The van der Waals surface area contributed by atoms with E-state index < -0.39 is 0 Å². The van der Waals surface area contributed by atoms with Crippen molar-refractivity contribution < 1.29 is 4.79 Å². The number of benzene rings is 1. The Hall–Kier alpha value is -2.08. The molecule has 4 aliphatic rings. The zero-order chi connectivity index (χ0) is 17.4. The molecule has 130 valence electrons. The van der Waals surface area contributed by atoms with E-state index in [0.29, 0.717) is 0 Å². The fraction of sp³-hybridized carbons (Fsp3) is 0.545. The molecule has 5 rings (SSSR count). The summed E-state index contributed by atoms with van der Waals surface area (Å²) in [7, 11) is 0. The Kier molecular flexibility index (Phi) is 4.15. The number of nitrogens with one attached hydrogen (secondary N) is 1. The van der Waals surface area contributed by atoms with E-state index in [1.165, 1.54) is 38.5 Å². The number of rotatable bonds is 4. The van der Waals surface area contributed by atoms with Crippen LogP contribution in [0.4, 0.5) is 0 Å². The first-order valence-electron chi connectivity index (χ1n) is 9.56. The first kappa shape index (κ1) is 16.4. The number of nitrogens with zero attached hydrogens (tertiary/aromatic N) is 1. The summed E-state index contributed by atoms with van der Waals surface area (Å²) in [6.07, 6.45) is 9.65. The Bertz CT molecular complexity index is 693. The zero-order valence-corrected chi connectivity index (χ0v) is 14.9. The summed E-state index contributed by atoms with van der Waals surface area (Å²) >= 11 is 0. The molecule has 1 aromatic carbocycles. The zero-order valence-electron chi connectivity index (χ0n) is 14.9. The maximum absolute atomic E-state index is 12.7. The van der Waals surface area contributed by atoms with E-state index >= 15 is 0 Å². The van der Waals surface area contributed by atoms with Crippen molar-refractivity contribution in [3.05, 3.63) is 41.5 Å². The molecule has 4 bridgehead atoms. The monoisotopic (exact) mass is 334 g/mol. The Balaban J connectivity index is 1.49. The smallest absolute Gasteiger partial charge is 0.262 e. The average Bonchev–Trinajstić information content (AvgIpc) is 2.59. The summed E-state index contributed by atoms with van der Waals surface area (Å²) in [6, 6.07) is 11.8. The van der Waals surface area contributed by atoms with Gasteiger partial charge in [0.1, 0.15) is 11.6 Å². The molecule has 1 aromatic rings. The third-order valence-corrected chi connectivity index (χ3v) is 6.83. The summed E-state index contributed by atoms with van der Waals surface area (Å²) in [5, 5.41) is 12.6. The van der Waals surface area contributed by atoms with E-state index in [-0.39, 0.29) is 22.9 Å². The molecule has 0 unspecified atom stereocenters. The van der Waals surface area contributed by atoms with Gasteiger partial charge < -0.3 is 5.32 Å². The van der Waals surface area contributed by atoms with Crippen LogP contribution in [0.15, 0.2) is 35.9 Å². The molecule has 4 aliphatic carbocycles. The number of carbonyl (C=O) groups excluding carboxylic acids is 1. The molecule has 3 nitrogen and oxygen atoms in total. The largest absolute Gasteiger partial charge is 0.348 e. The van der Waals surface area contributed by atoms with Gasteiger partial charge in [-0.25, -0.2) is 0 Å². The lowest BCUT2D eigenvalue weighted by molar-refractivity contribution is -0.121. The number of hydrogen-bond donors (Lipinski definition) is 1. The van der Waals surface area contributed by atoms with Gasteiger partial charge in [-0.05, 0) is 80.3 Å². The van der Waals surface area contributed by atoms with E-state index in [0.717, 1.165) is 23.3 Å². The first-order valence-corrected chi connectivity index (χ1v) is 9.56. The van der Waals surface area contributed by atoms with Gasteiger partial charge in [0.05, 0.1) is 0 Å². The van der Waals surface area contributed by atoms with Crippen LogP contribution in [-0.4, -0.2) is 11.9 Å². The summed E-state index contributed by atoms with van der Waals surface area (Å²) < 4.78 is 0. The minimum absolute atomic E-state index is 0.140. The van der Waals surface area contributed by atoms with Gasteiger partial charge in [0, 0.05) is 6.04 Å². The van der Waals surface area contributed by atoms with Crippen LogP contribution in [0.25, 0.3) is 6.08 Å². The van der Waals surface area contributed by atoms with E-state index in [1.54, 1.807) is 6.08 Å². The lowest BCUT2D eigenvalue weighted by atomic mass is 9.48. The normalized spacial score (nSPS) is 34.4. The summed E-state index contributed by atoms with van der Waals surface area (Å²) in [4.78, 5) is 12.7. The quantitative estimate of drug-likeness (QED) is 0.659. The van der Waals surface area contributed by atoms with Gasteiger partial charge in [0.2, 0.25) is 0 Å². The highest BCUT2D eigenvalue weighted by Crippen LogP contribution is 2.61. The van der Waals surface area contributed by atoms with Crippen LogP contribution in [-0.2, 0) is 4.79 Å². The molecule has 1 amide bonds. The Morgan fingerprint density at radius 2 is 1.72 bits per heavy atom. The third-order valence-electron chi connectivity index (χ3n) is 6.83. The van der Waals surface area contributed by atoms with Crippen LogP contribution in [0.1, 0.15) is 51.0 Å². The molecule has 0 radical (unpaired) electrons. The second kappa shape index (κ2) is 6.33. The van der Waals surface area contributed by atoms with Gasteiger partial charge in [-0.3, -0.25) is 4.79 Å². The molecule has 0 aromatic heterocycles. The summed E-state index contributed by atoms with van der Waals surface area (Å²) in [5.41, 5.74) is 1.34. The van der Waals surface area contributed by atoms with Crippen LogP contribution < -0.4 is 5.32 Å². The molecule has 3 heteroatoms. The second-order valence-electron chi connectivity index (χ2n) is 8.56. The minimum atomic E-state index is -0.227. The minimum Gasteiger partial charge on any atom is -0.348 e. The predicted molar refractivity (Wildman–Crippen MR) is 98.2 cm³/mol. The maximum Gasteiger partial charge on any atom is 0.262 e. The van der Waals surface area contributed by atoms with Gasteiger partial charge in [-0.2, -0.15) is 5.26 Å². The third kappa shape index (κ3) is 3.11.